The molecule has 0 aliphatic carbocycles. The van der Waals surface area contributed by atoms with Crippen LogP contribution in [0.3, 0.4) is 0 Å². The largest absolute Gasteiger partial charge is 0.497 e. The molecule has 1 amide bonds. The third kappa shape index (κ3) is 1.62. The Bertz CT molecular complexity index is 452. The number of nitrogens with one attached hydrogen (secondary N) is 1. The number of amides is 1. The minimum Gasteiger partial charge on any atom is -0.497 e. The van der Waals surface area contributed by atoms with E-state index in [4.69, 9.17) is 9.47 Å². The molecular weight excluding hydrogens is 232 g/mol. The first-order chi connectivity index (χ1) is 8.75. The molecule has 1 N–H and O–H groups in total. The average molecular weight is 248 g/mol. The Hall–Kier alpha value is -1.75. The maximum absolute atomic E-state index is 11.9. The highest BCUT2D eigenvalue weighted by atomic mass is 16.6. The predicted octanol–water partition coefficient (Wildman–Crippen LogP) is 1.38. The minimum absolute atomic E-state index is 0.217. The van der Waals surface area contributed by atoms with E-state index in [1.54, 1.807) is 12.0 Å². The lowest BCUT2D eigenvalue weighted by Crippen LogP contribution is -2.49. The van der Waals surface area contributed by atoms with E-state index in [0.29, 0.717) is 6.61 Å². The number of methoxy groups -OCH3 is 1. The van der Waals surface area contributed by atoms with Gasteiger partial charge in [0, 0.05) is 12.2 Å². The zero-order valence-corrected chi connectivity index (χ0v) is 10.3. The van der Waals surface area contributed by atoms with Crippen molar-refractivity contribution in [2.24, 2.45) is 0 Å². The molecule has 2 aliphatic rings. The lowest BCUT2D eigenvalue weighted by molar-refractivity contribution is 0.174. The van der Waals surface area contributed by atoms with Crippen molar-refractivity contribution in [3.05, 3.63) is 24.3 Å². The van der Waals surface area contributed by atoms with Crippen molar-refractivity contribution in [2.45, 2.75) is 12.0 Å². The normalized spacial score (nSPS) is 26.7. The van der Waals surface area contributed by atoms with E-state index in [-0.39, 0.29) is 11.6 Å². The van der Waals surface area contributed by atoms with E-state index in [2.05, 4.69) is 5.32 Å². The van der Waals surface area contributed by atoms with E-state index in [9.17, 15) is 4.79 Å². The number of anilines is 1. The minimum atomic E-state index is -0.260. The molecule has 0 saturated carbocycles. The SMILES string of the molecule is COc1ccc(N2C(=O)OCC23CCNC3)cc1. The Balaban J connectivity index is 1.94. The molecule has 1 aromatic carbocycles. The number of carbonyl (C=O) groups is 1. The Labute approximate surface area is 106 Å². The number of carbonyl (C=O) groups excluding carboxylic acids is 1. The van der Waals surface area contributed by atoms with Crippen molar-refractivity contribution in [1.29, 1.82) is 0 Å². The molecule has 0 radical (unpaired) electrons. The van der Waals surface area contributed by atoms with Crippen LogP contribution < -0.4 is 15.0 Å². The predicted molar refractivity (Wildman–Crippen MR) is 67.0 cm³/mol. The summed E-state index contributed by atoms with van der Waals surface area (Å²) in [7, 11) is 1.63. The van der Waals surface area contributed by atoms with Crippen LogP contribution in [0.5, 0.6) is 5.75 Å². The number of rotatable bonds is 2. The molecule has 1 spiro atoms. The second-order valence-corrected chi connectivity index (χ2v) is 4.74. The summed E-state index contributed by atoms with van der Waals surface area (Å²) in [5.41, 5.74) is 0.646. The summed E-state index contributed by atoms with van der Waals surface area (Å²) in [4.78, 5) is 13.7. The van der Waals surface area contributed by atoms with Crippen LogP contribution in [-0.2, 0) is 4.74 Å². The van der Waals surface area contributed by atoms with Gasteiger partial charge in [0.25, 0.3) is 0 Å². The second-order valence-electron chi connectivity index (χ2n) is 4.74. The van der Waals surface area contributed by atoms with Crippen LogP contribution in [0.2, 0.25) is 0 Å². The van der Waals surface area contributed by atoms with Crippen LogP contribution in [-0.4, -0.2) is 38.4 Å². The van der Waals surface area contributed by atoms with Gasteiger partial charge in [-0.2, -0.15) is 0 Å². The molecule has 96 valence electrons. The van der Waals surface area contributed by atoms with E-state index in [1.165, 1.54) is 0 Å². The van der Waals surface area contributed by atoms with Crippen molar-refractivity contribution in [2.75, 3.05) is 31.7 Å². The van der Waals surface area contributed by atoms with Gasteiger partial charge in [-0.15, -0.1) is 0 Å². The molecule has 3 rings (SSSR count). The fraction of sp³-hybridized carbons (Fsp3) is 0.462. The molecule has 18 heavy (non-hydrogen) atoms. The van der Waals surface area contributed by atoms with Crippen molar-refractivity contribution in [3.63, 3.8) is 0 Å². The van der Waals surface area contributed by atoms with Gasteiger partial charge in [0.15, 0.2) is 0 Å². The maximum Gasteiger partial charge on any atom is 0.415 e. The van der Waals surface area contributed by atoms with Crippen molar-refractivity contribution in [3.8, 4) is 5.75 Å². The van der Waals surface area contributed by atoms with Gasteiger partial charge in [-0.1, -0.05) is 0 Å². The van der Waals surface area contributed by atoms with Crippen molar-refractivity contribution in [1.82, 2.24) is 5.32 Å². The molecule has 5 nitrogen and oxygen atoms in total. The quantitative estimate of drug-likeness (QED) is 0.859. The Morgan fingerprint density at radius 3 is 2.78 bits per heavy atom. The van der Waals surface area contributed by atoms with Crippen LogP contribution in [0.15, 0.2) is 24.3 Å². The highest BCUT2D eigenvalue weighted by Gasteiger charge is 2.49. The average Bonchev–Trinajstić information content (AvgIpc) is 2.99. The van der Waals surface area contributed by atoms with E-state index < -0.39 is 0 Å². The van der Waals surface area contributed by atoms with Crippen LogP contribution in [0.1, 0.15) is 6.42 Å². The summed E-state index contributed by atoms with van der Waals surface area (Å²) in [5.74, 6) is 0.782. The van der Waals surface area contributed by atoms with Gasteiger partial charge in [-0.25, -0.2) is 4.79 Å². The first-order valence-electron chi connectivity index (χ1n) is 6.07. The number of cyclic esters (lactones) is 1. The van der Waals surface area contributed by atoms with E-state index in [1.807, 2.05) is 24.3 Å². The third-order valence-electron chi connectivity index (χ3n) is 3.67. The number of hydrogen-bond donors (Lipinski definition) is 1. The van der Waals surface area contributed by atoms with Gasteiger partial charge in [-0.3, -0.25) is 4.90 Å². The van der Waals surface area contributed by atoms with Crippen LogP contribution in [0, 0.1) is 0 Å². The zero-order valence-electron chi connectivity index (χ0n) is 10.3. The van der Waals surface area contributed by atoms with Gasteiger partial charge < -0.3 is 14.8 Å². The number of ether oxygens (including phenoxy) is 2. The fourth-order valence-electron chi connectivity index (χ4n) is 2.67. The van der Waals surface area contributed by atoms with Crippen molar-refractivity contribution < 1.29 is 14.3 Å². The van der Waals surface area contributed by atoms with Gasteiger partial charge in [-0.05, 0) is 37.2 Å². The number of nitrogens with zero attached hydrogens (tertiary/aromatic N) is 1. The van der Waals surface area contributed by atoms with E-state index in [0.717, 1.165) is 30.9 Å². The van der Waals surface area contributed by atoms with Gasteiger partial charge >= 0.3 is 6.09 Å². The standard InChI is InChI=1S/C13H16N2O3/c1-17-11-4-2-10(3-5-11)15-12(16)18-9-13(15)6-7-14-8-13/h2-5,14H,6-9H2,1H3. The molecule has 5 heteroatoms. The zero-order chi connectivity index (χ0) is 12.6. The third-order valence-corrected chi connectivity index (χ3v) is 3.67. The first kappa shape index (κ1) is 11.3. The Kier molecular flexibility index (Phi) is 2.63. The summed E-state index contributed by atoms with van der Waals surface area (Å²) in [6.07, 6.45) is 0.661. The van der Waals surface area contributed by atoms with Crippen LogP contribution in [0.25, 0.3) is 0 Å². The highest BCUT2D eigenvalue weighted by molar-refractivity contribution is 5.91. The Morgan fingerprint density at radius 2 is 2.17 bits per heavy atom. The first-order valence-corrected chi connectivity index (χ1v) is 6.07. The summed E-state index contributed by atoms with van der Waals surface area (Å²) in [6, 6.07) is 7.50. The molecule has 2 saturated heterocycles. The molecule has 2 heterocycles. The smallest absolute Gasteiger partial charge is 0.415 e. The van der Waals surface area contributed by atoms with Gasteiger partial charge in [0.1, 0.15) is 12.4 Å². The maximum atomic E-state index is 11.9. The van der Waals surface area contributed by atoms with Crippen LogP contribution in [0.4, 0.5) is 10.5 Å². The molecule has 1 atom stereocenters. The second kappa shape index (κ2) is 4.17. The van der Waals surface area contributed by atoms with E-state index >= 15 is 0 Å². The number of benzene rings is 1. The van der Waals surface area contributed by atoms with Gasteiger partial charge in [0.2, 0.25) is 0 Å². The van der Waals surface area contributed by atoms with Gasteiger partial charge in [0.05, 0.1) is 12.6 Å². The molecule has 0 aromatic heterocycles. The molecule has 0 bridgehead atoms. The number of hydrogen-bond acceptors (Lipinski definition) is 4. The summed E-state index contributed by atoms with van der Waals surface area (Å²) in [5, 5.41) is 3.30. The monoisotopic (exact) mass is 248 g/mol. The summed E-state index contributed by atoms with van der Waals surface area (Å²) < 4.78 is 10.4. The molecule has 2 fully saturated rings. The topological polar surface area (TPSA) is 50.8 Å². The highest BCUT2D eigenvalue weighted by Crippen LogP contribution is 2.35. The Morgan fingerprint density at radius 1 is 1.39 bits per heavy atom. The lowest BCUT2D eigenvalue weighted by Gasteiger charge is -2.30. The lowest BCUT2D eigenvalue weighted by atomic mass is 9.98. The van der Waals surface area contributed by atoms with Crippen LogP contribution >= 0.6 is 0 Å². The molecule has 1 aromatic rings. The molecule has 2 aliphatic heterocycles. The molecular formula is C13H16N2O3. The fourth-order valence-corrected chi connectivity index (χ4v) is 2.67. The van der Waals surface area contributed by atoms with Crippen molar-refractivity contribution >= 4 is 11.8 Å². The summed E-state index contributed by atoms with van der Waals surface area (Å²) in [6.45, 7) is 2.17. The molecule has 1 unspecified atom stereocenters. The summed E-state index contributed by atoms with van der Waals surface area (Å²) >= 11 is 0.